The molecule has 0 unspecified atom stereocenters. The molecule has 1 fully saturated rings. The largest absolute Gasteiger partial charge is 0.477 e. The van der Waals surface area contributed by atoms with E-state index in [2.05, 4.69) is 0 Å². The molecule has 1 aromatic rings. The molecule has 0 saturated heterocycles. The Balaban J connectivity index is 2.40. The number of carboxylic acids is 1. The average Bonchev–Trinajstić information content (AvgIpc) is 3.08. The second-order valence-corrected chi connectivity index (χ2v) is 7.19. The first kappa shape index (κ1) is 16.0. The van der Waals surface area contributed by atoms with Gasteiger partial charge in [-0.05, 0) is 25.8 Å². The predicted octanol–water partition coefficient (Wildman–Crippen LogP) is 2.16. The smallest absolute Gasteiger partial charge is 0.352 e. The Morgan fingerprint density at radius 2 is 2.00 bits per heavy atom. The number of sulfonamides is 1. The van der Waals surface area contributed by atoms with Gasteiger partial charge in [0.1, 0.15) is 10.6 Å². The van der Waals surface area contributed by atoms with Crippen LogP contribution in [0.2, 0.25) is 0 Å². The van der Waals surface area contributed by atoms with E-state index in [0.717, 1.165) is 25.7 Å². The first-order chi connectivity index (χ1) is 9.91. The highest BCUT2D eigenvalue weighted by atomic mass is 32.2. The van der Waals surface area contributed by atoms with Gasteiger partial charge >= 0.3 is 5.97 Å². The van der Waals surface area contributed by atoms with E-state index in [1.807, 2.05) is 6.92 Å². The monoisotopic (exact) mass is 314 g/mol. The van der Waals surface area contributed by atoms with Crippen molar-refractivity contribution in [2.24, 2.45) is 0 Å². The highest BCUT2D eigenvalue weighted by Gasteiger charge is 2.33. The molecule has 118 valence electrons. The van der Waals surface area contributed by atoms with E-state index in [-0.39, 0.29) is 16.6 Å². The molecule has 0 bridgehead atoms. The van der Waals surface area contributed by atoms with Gasteiger partial charge < -0.3 is 9.67 Å². The molecule has 1 aliphatic rings. The molecule has 1 N–H and O–H groups in total. The molecule has 0 radical (unpaired) electrons. The molecular formula is C14H22N2O4S. The zero-order valence-electron chi connectivity index (χ0n) is 12.4. The number of aryl methyl sites for hydroxylation is 1. The molecule has 0 spiro atoms. The summed E-state index contributed by atoms with van der Waals surface area (Å²) in [5.41, 5.74) is 0.0125. The van der Waals surface area contributed by atoms with Crippen LogP contribution in [0, 0.1) is 0 Å². The first-order valence-corrected chi connectivity index (χ1v) is 8.81. The van der Waals surface area contributed by atoms with Crippen LogP contribution in [-0.4, -0.2) is 41.0 Å². The molecule has 21 heavy (non-hydrogen) atoms. The van der Waals surface area contributed by atoms with Crippen LogP contribution in [-0.2, 0) is 16.6 Å². The topological polar surface area (TPSA) is 79.6 Å². The lowest BCUT2D eigenvalue weighted by molar-refractivity contribution is 0.0685. The fourth-order valence-electron chi connectivity index (χ4n) is 3.02. The quantitative estimate of drug-likeness (QED) is 0.872. The average molecular weight is 314 g/mol. The molecule has 1 heterocycles. The van der Waals surface area contributed by atoms with Crippen molar-refractivity contribution >= 4 is 16.0 Å². The number of carbonyl (C=O) groups is 1. The molecule has 0 aliphatic heterocycles. The van der Waals surface area contributed by atoms with Crippen molar-refractivity contribution in [1.82, 2.24) is 8.87 Å². The van der Waals surface area contributed by atoms with Crippen molar-refractivity contribution in [1.29, 1.82) is 0 Å². The molecule has 0 amide bonds. The Bertz CT molecular complexity index is 615. The number of hydrogen-bond acceptors (Lipinski definition) is 3. The summed E-state index contributed by atoms with van der Waals surface area (Å²) in [7, 11) is -3.63. The van der Waals surface area contributed by atoms with Gasteiger partial charge in [-0.2, -0.15) is 4.31 Å². The Hall–Kier alpha value is -1.34. The standard InChI is InChI=1S/C14H22N2O4S/c1-3-15-10-12(9-13(15)14(17)18)21(19,20)16(4-2)11-7-5-6-8-11/h9-11H,3-8H2,1-2H3,(H,17,18). The fraction of sp³-hybridized carbons (Fsp3) is 0.643. The minimum Gasteiger partial charge on any atom is -0.477 e. The molecule has 1 saturated carbocycles. The van der Waals surface area contributed by atoms with Crippen LogP contribution in [0.3, 0.4) is 0 Å². The van der Waals surface area contributed by atoms with Crippen LogP contribution < -0.4 is 0 Å². The van der Waals surface area contributed by atoms with E-state index in [1.165, 1.54) is 21.1 Å². The lowest BCUT2D eigenvalue weighted by atomic mass is 10.2. The number of aromatic carboxylic acids is 1. The summed E-state index contributed by atoms with van der Waals surface area (Å²) in [6, 6.07) is 1.30. The molecule has 1 aliphatic carbocycles. The fourth-order valence-corrected chi connectivity index (χ4v) is 4.75. The van der Waals surface area contributed by atoms with Crippen molar-refractivity contribution < 1.29 is 18.3 Å². The third-order valence-electron chi connectivity index (χ3n) is 4.08. The zero-order valence-corrected chi connectivity index (χ0v) is 13.3. The minimum absolute atomic E-state index is 0.0125. The van der Waals surface area contributed by atoms with Gasteiger partial charge in [0.25, 0.3) is 0 Å². The first-order valence-electron chi connectivity index (χ1n) is 7.37. The molecule has 0 atom stereocenters. The van der Waals surface area contributed by atoms with Crippen LogP contribution >= 0.6 is 0 Å². The maximum atomic E-state index is 12.8. The van der Waals surface area contributed by atoms with Gasteiger partial charge in [-0.1, -0.05) is 19.8 Å². The van der Waals surface area contributed by atoms with E-state index >= 15 is 0 Å². The Morgan fingerprint density at radius 3 is 2.43 bits per heavy atom. The SMILES string of the molecule is CCN(C1CCCC1)S(=O)(=O)c1cc(C(=O)O)n(CC)c1. The third kappa shape index (κ3) is 2.98. The Kier molecular flexibility index (Phi) is 4.73. The van der Waals surface area contributed by atoms with Crippen LogP contribution in [0.4, 0.5) is 0 Å². The highest BCUT2D eigenvalue weighted by molar-refractivity contribution is 7.89. The molecule has 6 nitrogen and oxygen atoms in total. The summed E-state index contributed by atoms with van der Waals surface area (Å²) in [5, 5.41) is 9.15. The van der Waals surface area contributed by atoms with Gasteiger partial charge in [0.2, 0.25) is 10.0 Å². The minimum atomic E-state index is -3.63. The summed E-state index contributed by atoms with van der Waals surface area (Å²) in [5.74, 6) is -1.11. The predicted molar refractivity (Wildman–Crippen MR) is 78.9 cm³/mol. The lowest BCUT2D eigenvalue weighted by Gasteiger charge is -2.26. The maximum absolute atomic E-state index is 12.8. The van der Waals surface area contributed by atoms with Crippen LogP contribution in [0.1, 0.15) is 50.0 Å². The van der Waals surface area contributed by atoms with E-state index in [0.29, 0.717) is 13.1 Å². The summed E-state index contributed by atoms with van der Waals surface area (Å²) in [4.78, 5) is 11.3. The summed E-state index contributed by atoms with van der Waals surface area (Å²) < 4.78 is 28.5. The van der Waals surface area contributed by atoms with Crippen LogP contribution in [0.25, 0.3) is 0 Å². The summed E-state index contributed by atoms with van der Waals surface area (Å²) in [6.07, 6.45) is 5.29. The van der Waals surface area contributed by atoms with E-state index in [9.17, 15) is 13.2 Å². The summed E-state index contributed by atoms with van der Waals surface area (Å²) in [6.45, 7) is 4.45. The number of aromatic nitrogens is 1. The maximum Gasteiger partial charge on any atom is 0.352 e. The van der Waals surface area contributed by atoms with Crippen molar-refractivity contribution in [2.45, 2.75) is 57.0 Å². The molecule has 0 aromatic carbocycles. The third-order valence-corrected chi connectivity index (χ3v) is 6.07. The van der Waals surface area contributed by atoms with Gasteiger partial charge in [-0.15, -0.1) is 0 Å². The number of hydrogen-bond donors (Lipinski definition) is 1. The number of carboxylic acid groups (broad SMARTS) is 1. The van der Waals surface area contributed by atoms with Gasteiger partial charge in [-0.3, -0.25) is 0 Å². The molecule has 7 heteroatoms. The Labute approximate surface area is 125 Å². The normalized spacial score (nSPS) is 16.7. The summed E-state index contributed by atoms with van der Waals surface area (Å²) >= 11 is 0. The van der Waals surface area contributed by atoms with Crippen molar-refractivity contribution in [3.63, 3.8) is 0 Å². The molecular weight excluding hydrogens is 292 g/mol. The van der Waals surface area contributed by atoms with Gasteiger partial charge in [0.05, 0.1) is 0 Å². The second-order valence-electron chi connectivity index (χ2n) is 5.30. The van der Waals surface area contributed by atoms with Crippen molar-refractivity contribution in [3.05, 3.63) is 18.0 Å². The second kappa shape index (κ2) is 6.19. The van der Waals surface area contributed by atoms with Gasteiger partial charge in [0.15, 0.2) is 0 Å². The van der Waals surface area contributed by atoms with Crippen molar-refractivity contribution in [2.75, 3.05) is 6.54 Å². The Morgan fingerprint density at radius 1 is 1.38 bits per heavy atom. The number of rotatable bonds is 6. The van der Waals surface area contributed by atoms with E-state index in [1.54, 1.807) is 6.92 Å². The lowest BCUT2D eigenvalue weighted by Crippen LogP contribution is -2.38. The van der Waals surface area contributed by atoms with E-state index < -0.39 is 16.0 Å². The van der Waals surface area contributed by atoms with E-state index in [4.69, 9.17) is 5.11 Å². The number of nitrogens with zero attached hydrogens (tertiary/aromatic N) is 2. The van der Waals surface area contributed by atoms with Crippen molar-refractivity contribution in [3.8, 4) is 0 Å². The van der Waals surface area contributed by atoms with Crippen LogP contribution in [0.5, 0.6) is 0 Å². The van der Waals surface area contributed by atoms with Gasteiger partial charge in [-0.25, -0.2) is 13.2 Å². The molecule has 2 rings (SSSR count). The zero-order chi connectivity index (χ0) is 15.6. The van der Waals surface area contributed by atoms with Gasteiger partial charge in [0, 0.05) is 25.3 Å². The molecule has 1 aromatic heterocycles. The van der Waals surface area contributed by atoms with Crippen LogP contribution in [0.15, 0.2) is 17.2 Å². The highest BCUT2D eigenvalue weighted by Crippen LogP contribution is 2.29.